The van der Waals surface area contributed by atoms with Crippen LogP contribution in [-0.2, 0) is 0 Å². The molecule has 0 aliphatic heterocycles. The van der Waals surface area contributed by atoms with Gasteiger partial charge < -0.3 is 5.32 Å². The van der Waals surface area contributed by atoms with Gasteiger partial charge in [-0.15, -0.1) is 0 Å². The van der Waals surface area contributed by atoms with Crippen molar-refractivity contribution in [3.8, 4) is 0 Å². The first-order valence-corrected chi connectivity index (χ1v) is 6.68. The normalized spacial score (nSPS) is 11.0. The SMILES string of the molecule is CNC(=O)c1cccc(C(=O)C(Br)(Br)Br)c1. The number of Topliss-reactive ketones (excluding diaryl/α,β-unsaturated/α-hetero) is 1. The van der Waals surface area contributed by atoms with Crippen molar-refractivity contribution < 1.29 is 9.59 Å². The number of hydrogen-bond donors (Lipinski definition) is 1. The van der Waals surface area contributed by atoms with Crippen molar-refractivity contribution in [1.82, 2.24) is 5.32 Å². The average Bonchev–Trinajstić information content (AvgIpc) is 2.26. The van der Waals surface area contributed by atoms with Crippen molar-refractivity contribution in [2.75, 3.05) is 7.05 Å². The van der Waals surface area contributed by atoms with E-state index >= 15 is 0 Å². The number of halogens is 3. The summed E-state index contributed by atoms with van der Waals surface area (Å²) in [5.74, 6) is -0.433. The van der Waals surface area contributed by atoms with Crippen molar-refractivity contribution in [3.63, 3.8) is 0 Å². The zero-order valence-electron chi connectivity index (χ0n) is 8.26. The summed E-state index contributed by atoms with van der Waals surface area (Å²) in [5, 5.41) is 2.50. The highest BCUT2D eigenvalue weighted by atomic mass is 80.0. The molecule has 0 unspecified atom stereocenters. The number of ketones is 1. The van der Waals surface area contributed by atoms with Crippen molar-refractivity contribution in [2.24, 2.45) is 0 Å². The summed E-state index contributed by atoms with van der Waals surface area (Å²) in [4.78, 5) is 23.2. The van der Waals surface area contributed by atoms with Crippen molar-refractivity contribution in [3.05, 3.63) is 35.4 Å². The van der Waals surface area contributed by atoms with Gasteiger partial charge in [0.2, 0.25) is 5.78 Å². The summed E-state index contributed by atoms with van der Waals surface area (Å²) < 4.78 is -0.992. The third-order valence-corrected chi connectivity index (χ3v) is 2.95. The van der Waals surface area contributed by atoms with Crippen LogP contribution in [0.2, 0.25) is 0 Å². The van der Waals surface area contributed by atoms with Crippen LogP contribution in [0.25, 0.3) is 0 Å². The van der Waals surface area contributed by atoms with E-state index in [9.17, 15) is 9.59 Å². The van der Waals surface area contributed by atoms with Gasteiger partial charge in [0, 0.05) is 18.2 Å². The lowest BCUT2D eigenvalue weighted by atomic mass is 10.1. The molecule has 0 heterocycles. The van der Waals surface area contributed by atoms with Gasteiger partial charge in [-0.25, -0.2) is 0 Å². The summed E-state index contributed by atoms with van der Waals surface area (Å²) in [5.41, 5.74) is 0.886. The molecule has 0 aromatic heterocycles. The highest BCUT2D eigenvalue weighted by Crippen LogP contribution is 2.36. The molecule has 0 aliphatic rings. The lowest BCUT2D eigenvalue weighted by Crippen LogP contribution is -2.20. The summed E-state index contributed by atoms with van der Waals surface area (Å²) in [6, 6.07) is 6.50. The van der Waals surface area contributed by atoms with Crippen molar-refractivity contribution in [1.29, 1.82) is 0 Å². The van der Waals surface area contributed by atoms with Gasteiger partial charge in [0.15, 0.2) is 2.14 Å². The Morgan fingerprint density at radius 3 is 2.25 bits per heavy atom. The molecule has 1 aromatic rings. The van der Waals surface area contributed by atoms with Gasteiger partial charge in [-0.2, -0.15) is 0 Å². The highest BCUT2D eigenvalue weighted by Gasteiger charge is 2.29. The second kappa shape index (κ2) is 5.42. The van der Waals surface area contributed by atoms with Crippen molar-refractivity contribution >= 4 is 59.5 Å². The Morgan fingerprint density at radius 1 is 1.19 bits per heavy atom. The van der Waals surface area contributed by atoms with E-state index in [4.69, 9.17) is 0 Å². The highest BCUT2D eigenvalue weighted by molar-refractivity contribution is 9.40. The Balaban J connectivity index is 3.09. The zero-order chi connectivity index (χ0) is 12.3. The number of amides is 1. The first-order chi connectivity index (χ1) is 7.36. The minimum Gasteiger partial charge on any atom is -0.355 e. The molecule has 0 radical (unpaired) electrons. The fourth-order valence-corrected chi connectivity index (χ4v) is 1.80. The van der Waals surface area contributed by atoms with Crippen LogP contribution in [0.15, 0.2) is 24.3 Å². The maximum atomic E-state index is 11.9. The van der Waals surface area contributed by atoms with E-state index in [0.717, 1.165) is 0 Å². The number of nitrogens with one attached hydrogen (secondary N) is 1. The number of carbonyl (C=O) groups excluding carboxylic acids is 2. The molecule has 3 nitrogen and oxygen atoms in total. The smallest absolute Gasteiger partial charge is 0.251 e. The predicted molar refractivity (Wildman–Crippen MR) is 73.7 cm³/mol. The first-order valence-electron chi connectivity index (χ1n) is 4.30. The number of benzene rings is 1. The van der Waals surface area contributed by atoms with Crippen LogP contribution >= 0.6 is 47.8 Å². The monoisotopic (exact) mass is 411 g/mol. The van der Waals surface area contributed by atoms with Crippen LogP contribution in [0.5, 0.6) is 0 Å². The van der Waals surface area contributed by atoms with E-state index in [2.05, 4.69) is 53.1 Å². The topological polar surface area (TPSA) is 46.2 Å². The third kappa shape index (κ3) is 3.40. The van der Waals surface area contributed by atoms with Gasteiger partial charge in [0.05, 0.1) is 0 Å². The zero-order valence-corrected chi connectivity index (χ0v) is 13.0. The van der Waals surface area contributed by atoms with E-state index in [0.29, 0.717) is 11.1 Å². The fraction of sp³-hybridized carbons (Fsp3) is 0.200. The summed E-state index contributed by atoms with van der Waals surface area (Å²) in [7, 11) is 1.54. The van der Waals surface area contributed by atoms with Crippen LogP contribution in [-0.4, -0.2) is 20.9 Å². The van der Waals surface area contributed by atoms with E-state index < -0.39 is 2.14 Å². The molecule has 0 saturated carbocycles. The van der Waals surface area contributed by atoms with E-state index in [1.165, 1.54) is 0 Å². The maximum Gasteiger partial charge on any atom is 0.251 e. The Bertz CT molecular complexity index is 426. The van der Waals surface area contributed by atoms with Crippen LogP contribution < -0.4 is 5.32 Å². The molecule has 0 aliphatic carbocycles. The second-order valence-electron chi connectivity index (χ2n) is 2.99. The van der Waals surface area contributed by atoms with Crippen LogP contribution in [0.3, 0.4) is 0 Å². The van der Waals surface area contributed by atoms with Gasteiger partial charge >= 0.3 is 0 Å². The minimum absolute atomic E-state index is 0.210. The molecule has 0 atom stereocenters. The molecule has 0 spiro atoms. The van der Waals surface area contributed by atoms with E-state index in [1.54, 1.807) is 31.3 Å². The molecule has 0 saturated heterocycles. The predicted octanol–water partition coefficient (Wildman–Crippen LogP) is 3.07. The van der Waals surface area contributed by atoms with Gasteiger partial charge in [-0.3, -0.25) is 9.59 Å². The van der Waals surface area contributed by atoms with Crippen LogP contribution in [0.1, 0.15) is 20.7 Å². The number of carbonyl (C=O) groups is 2. The van der Waals surface area contributed by atoms with Gasteiger partial charge in [0.25, 0.3) is 5.91 Å². The molecule has 1 amide bonds. The Morgan fingerprint density at radius 2 is 1.75 bits per heavy atom. The lowest BCUT2D eigenvalue weighted by Gasteiger charge is -2.11. The fourth-order valence-electron chi connectivity index (χ4n) is 1.11. The molecule has 0 bridgehead atoms. The molecule has 6 heteroatoms. The molecule has 1 N–H and O–H groups in total. The molecule has 16 heavy (non-hydrogen) atoms. The van der Waals surface area contributed by atoms with Crippen LogP contribution in [0.4, 0.5) is 0 Å². The quantitative estimate of drug-likeness (QED) is 0.598. The van der Waals surface area contributed by atoms with Crippen LogP contribution in [0, 0.1) is 0 Å². The van der Waals surface area contributed by atoms with Gasteiger partial charge in [-0.1, -0.05) is 59.9 Å². The maximum absolute atomic E-state index is 11.9. The van der Waals surface area contributed by atoms with Gasteiger partial charge in [-0.05, 0) is 12.1 Å². The summed E-state index contributed by atoms with van der Waals surface area (Å²) >= 11 is 9.43. The lowest BCUT2D eigenvalue weighted by molar-refractivity contribution is 0.0963. The van der Waals surface area contributed by atoms with E-state index in [-0.39, 0.29) is 11.7 Å². The minimum atomic E-state index is -0.992. The molecule has 0 fully saturated rings. The number of alkyl halides is 3. The number of hydrogen-bond acceptors (Lipinski definition) is 2. The van der Waals surface area contributed by atoms with Crippen molar-refractivity contribution in [2.45, 2.75) is 2.14 Å². The largest absolute Gasteiger partial charge is 0.355 e. The number of rotatable bonds is 2. The third-order valence-electron chi connectivity index (χ3n) is 1.87. The second-order valence-corrected chi connectivity index (χ2v) is 9.75. The first kappa shape index (κ1) is 13.9. The standard InChI is InChI=1S/C10H8Br3NO2/c1-14-9(16)7-4-2-3-6(5-7)8(15)10(11,12)13/h2-5H,1H3,(H,14,16). The molecular formula is C10H8Br3NO2. The Labute approximate surface area is 118 Å². The van der Waals surface area contributed by atoms with E-state index in [1.807, 2.05) is 0 Å². The average molecular weight is 414 g/mol. The summed E-state index contributed by atoms with van der Waals surface area (Å²) in [6.07, 6.45) is 0. The molecular weight excluding hydrogens is 406 g/mol. The molecule has 1 aromatic carbocycles. The molecule has 86 valence electrons. The Hall–Kier alpha value is -0.200. The Kier molecular flexibility index (Phi) is 4.70. The van der Waals surface area contributed by atoms with Gasteiger partial charge in [0.1, 0.15) is 0 Å². The molecule has 1 rings (SSSR count). The summed E-state index contributed by atoms with van der Waals surface area (Å²) in [6.45, 7) is 0.